The molecule has 1 aromatic carbocycles. The monoisotopic (exact) mass is 339 g/mol. The number of β-amino-alcohol motifs (C(OH)–C–C–N with tert-alkyl or cyclic N) is 1. The summed E-state index contributed by atoms with van der Waals surface area (Å²) in [6, 6.07) is 6.34. The minimum atomic E-state index is -0.493. The molecule has 2 heterocycles. The van der Waals surface area contributed by atoms with Gasteiger partial charge in [-0.3, -0.25) is 14.8 Å². The predicted octanol–water partition coefficient (Wildman–Crippen LogP) is 2.09. The van der Waals surface area contributed by atoms with Crippen molar-refractivity contribution in [3.05, 3.63) is 59.2 Å². The summed E-state index contributed by atoms with van der Waals surface area (Å²) in [5.74, 6) is 0.141. The molecule has 2 aromatic rings. The van der Waals surface area contributed by atoms with Gasteiger partial charge in [0, 0.05) is 44.0 Å². The van der Waals surface area contributed by atoms with Crippen LogP contribution in [0.1, 0.15) is 28.8 Å². The van der Waals surface area contributed by atoms with E-state index in [4.69, 9.17) is 0 Å². The van der Waals surface area contributed by atoms with E-state index in [9.17, 15) is 9.90 Å². The lowest BCUT2D eigenvalue weighted by Crippen LogP contribution is -2.29. The number of carbonyl (C=O) groups is 1. The Morgan fingerprint density at radius 2 is 2.12 bits per heavy atom. The molecule has 1 amide bonds. The molecule has 25 heavy (non-hydrogen) atoms. The molecule has 0 unspecified atom stereocenters. The molecule has 1 fully saturated rings. The van der Waals surface area contributed by atoms with Crippen molar-refractivity contribution in [2.24, 2.45) is 5.92 Å². The summed E-state index contributed by atoms with van der Waals surface area (Å²) in [5.41, 5.74) is 4.54. The Kier molecular flexibility index (Phi) is 5.43. The van der Waals surface area contributed by atoms with Gasteiger partial charge in [-0.25, -0.2) is 0 Å². The van der Waals surface area contributed by atoms with Crippen LogP contribution in [0.4, 0.5) is 0 Å². The SMILES string of the molecule is Cc1ccc(CCC(=O)N2C[C@@H](Cc3cnccn3)[C@H](O)C2)c(C)c1. The zero-order valence-electron chi connectivity index (χ0n) is 14.9. The first-order chi connectivity index (χ1) is 12.0. The number of amides is 1. The highest BCUT2D eigenvalue weighted by Crippen LogP contribution is 2.22. The maximum atomic E-state index is 12.5. The Morgan fingerprint density at radius 1 is 1.28 bits per heavy atom. The van der Waals surface area contributed by atoms with Crippen LogP contribution in [-0.4, -0.2) is 45.1 Å². The number of hydrogen-bond donors (Lipinski definition) is 1. The van der Waals surface area contributed by atoms with Crippen molar-refractivity contribution in [2.45, 2.75) is 39.2 Å². The summed E-state index contributed by atoms with van der Waals surface area (Å²) in [7, 11) is 0. The van der Waals surface area contributed by atoms with Crippen LogP contribution in [0.25, 0.3) is 0 Å². The fraction of sp³-hybridized carbons (Fsp3) is 0.450. The van der Waals surface area contributed by atoms with Crippen LogP contribution >= 0.6 is 0 Å². The highest BCUT2D eigenvalue weighted by Gasteiger charge is 2.33. The molecule has 0 bridgehead atoms. The molecular weight excluding hydrogens is 314 g/mol. The van der Waals surface area contributed by atoms with Crippen LogP contribution in [0, 0.1) is 19.8 Å². The van der Waals surface area contributed by atoms with Crippen molar-refractivity contribution in [2.75, 3.05) is 13.1 Å². The van der Waals surface area contributed by atoms with E-state index < -0.39 is 6.10 Å². The van der Waals surface area contributed by atoms with Gasteiger partial charge in [-0.15, -0.1) is 0 Å². The van der Waals surface area contributed by atoms with E-state index in [1.54, 1.807) is 23.5 Å². The maximum Gasteiger partial charge on any atom is 0.223 e. The van der Waals surface area contributed by atoms with Crippen LogP contribution in [0.15, 0.2) is 36.8 Å². The smallest absolute Gasteiger partial charge is 0.223 e. The van der Waals surface area contributed by atoms with Gasteiger partial charge in [0.2, 0.25) is 5.91 Å². The topological polar surface area (TPSA) is 66.3 Å². The fourth-order valence-corrected chi connectivity index (χ4v) is 3.49. The molecule has 132 valence electrons. The largest absolute Gasteiger partial charge is 0.391 e. The van der Waals surface area contributed by atoms with Gasteiger partial charge in [0.25, 0.3) is 0 Å². The summed E-state index contributed by atoms with van der Waals surface area (Å²) in [6.45, 7) is 5.16. The Hall–Kier alpha value is -2.27. The molecule has 2 atom stereocenters. The number of nitrogens with zero attached hydrogens (tertiary/aromatic N) is 3. The first-order valence-electron chi connectivity index (χ1n) is 8.80. The number of rotatable bonds is 5. The first-order valence-corrected chi connectivity index (χ1v) is 8.80. The van der Waals surface area contributed by atoms with Gasteiger partial charge in [0.15, 0.2) is 0 Å². The number of aliphatic hydroxyl groups is 1. The number of aliphatic hydroxyl groups excluding tert-OH is 1. The predicted molar refractivity (Wildman–Crippen MR) is 96.0 cm³/mol. The quantitative estimate of drug-likeness (QED) is 0.906. The van der Waals surface area contributed by atoms with Gasteiger partial charge in [-0.2, -0.15) is 0 Å². The third-order valence-electron chi connectivity index (χ3n) is 4.95. The van der Waals surface area contributed by atoms with Gasteiger partial charge in [-0.1, -0.05) is 23.8 Å². The van der Waals surface area contributed by atoms with Crippen molar-refractivity contribution in [1.82, 2.24) is 14.9 Å². The van der Waals surface area contributed by atoms with E-state index in [2.05, 4.69) is 42.0 Å². The molecule has 0 saturated carbocycles. The molecule has 1 saturated heterocycles. The van der Waals surface area contributed by atoms with Crippen LogP contribution in [-0.2, 0) is 17.6 Å². The fourth-order valence-electron chi connectivity index (χ4n) is 3.49. The number of benzene rings is 1. The molecule has 1 aliphatic rings. The van der Waals surface area contributed by atoms with Crippen molar-refractivity contribution in [3.63, 3.8) is 0 Å². The number of carbonyl (C=O) groups excluding carboxylic acids is 1. The second kappa shape index (κ2) is 7.74. The first kappa shape index (κ1) is 17.5. The molecule has 1 aromatic heterocycles. The van der Waals surface area contributed by atoms with Crippen LogP contribution in [0.3, 0.4) is 0 Å². The standard InChI is InChI=1S/C20H25N3O2/c1-14-3-4-16(15(2)9-14)5-6-20(25)23-12-17(19(24)13-23)10-18-11-21-7-8-22-18/h3-4,7-9,11,17,19,24H,5-6,10,12-13H2,1-2H3/t17-,19-/m1/s1. The Balaban J connectivity index is 1.54. The van der Waals surface area contributed by atoms with Gasteiger partial charge in [-0.05, 0) is 37.8 Å². The van der Waals surface area contributed by atoms with E-state index in [0.29, 0.717) is 25.9 Å². The number of aromatic nitrogens is 2. The Bertz CT molecular complexity index is 733. The Labute approximate surface area is 148 Å². The minimum Gasteiger partial charge on any atom is -0.391 e. The summed E-state index contributed by atoms with van der Waals surface area (Å²) >= 11 is 0. The lowest BCUT2D eigenvalue weighted by molar-refractivity contribution is -0.130. The van der Waals surface area contributed by atoms with Crippen molar-refractivity contribution >= 4 is 5.91 Å². The van der Waals surface area contributed by atoms with Gasteiger partial charge in [0.1, 0.15) is 0 Å². The molecule has 0 aliphatic carbocycles. The molecule has 1 N–H and O–H groups in total. The van der Waals surface area contributed by atoms with Crippen molar-refractivity contribution in [3.8, 4) is 0 Å². The van der Waals surface area contributed by atoms with E-state index in [1.165, 1.54) is 16.7 Å². The average Bonchev–Trinajstić information content (AvgIpc) is 2.95. The molecule has 5 heteroatoms. The summed E-state index contributed by atoms with van der Waals surface area (Å²) in [6.07, 6.45) is 6.39. The van der Waals surface area contributed by atoms with Gasteiger partial charge < -0.3 is 10.0 Å². The molecule has 0 radical (unpaired) electrons. The van der Waals surface area contributed by atoms with Crippen molar-refractivity contribution < 1.29 is 9.90 Å². The lowest BCUT2D eigenvalue weighted by Gasteiger charge is -2.16. The van der Waals surface area contributed by atoms with Crippen LogP contribution in [0.2, 0.25) is 0 Å². The van der Waals surface area contributed by atoms with Gasteiger partial charge in [0.05, 0.1) is 11.8 Å². The van der Waals surface area contributed by atoms with Gasteiger partial charge >= 0.3 is 0 Å². The molecule has 3 rings (SSSR count). The minimum absolute atomic E-state index is 0.0294. The normalized spacial score (nSPS) is 20.0. The lowest BCUT2D eigenvalue weighted by atomic mass is 10.0. The number of aryl methyl sites for hydroxylation is 3. The third-order valence-corrected chi connectivity index (χ3v) is 4.95. The summed E-state index contributed by atoms with van der Waals surface area (Å²) in [5, 5.41) is 10.3. The van der Waals surface area contributed by atoms with E-state index >= 15 is 0 Å². The highest BCUT2D eigenvalue weighted by atomic mass is 16.3. The van der Waals surface area contributed by atoms with E-state index in [0.717, 1.165) is 12.1 Å². The number of likely N-dealkylation sites (tertiary alicyclic amines) is 1. The molecule has 0 spiro atoms. The molecule has 1 aliphatic heterocycles. The highest BCUT2D eigenvalue weighted by molar-refractivity contribution is 5.77. The van der Waals surface area contributed by atoms with Crippen molar-refractivity contribution in [1.29, 1.82) is 0 Å². The summed E-state index contributed by atoms with van der Waals surface area (Å²) < 4.78 is 0. The maximum absolute atomic E-state index is 12.5. The van der Waals surface area contributed by atoms with E-state index in [1.807, 2.05) is 0 Å². The van der Waals surface area contributed by atoms with E-state index in [-0.39, 0.29) is 11.8 Å². The van der Waals surface area contributed by atoms with Crippen LogP contribution < -0.4 is 0 Å². The Morgan fingerprint density at radius 3 is 2.84 bits per heavy atom. The van der Waals surface area contributed by atoms with Crippen LogP contribution in [0.5, 0.6) is 0 Å². The second-order valence-electron chi connectivity index (χ2n) is 6.96. The summed E-state index contributed by atoms with van der Waals surface area (Å²) in [4.78, 5) is 22.6. The number of hydrogen-bond acceptors (Lipinski definition) is 4. The average molecular weight is 339 g/mol. The zero-order chi connectivity index (χ0) is 17.8. The molecular formula is C20H25N3O2. The molecule has 5 nitrogen and oxygen atoms in total. The second-order valence-corrected chi connectivity index (χ2v) is 6.96. The third kappa shape index (κ3) is 4.42. The zero-order valence-corrected chi connectivity index (χ0v) is 14.9.